The van der Waals surface area contributed by atoms with Crippen LogP contribution in [-0.2, 0) is 9.84 Å². The Kier molecular flexibility index (Phi) is 6.06. The quantitative estimate of drug-likeness (QED) is 0.375. The summed E-state index contributed by atoms with van der Waals surface area (Å²) in [6.07, 6.45) is 4.48. The van der Waals surface area contributed by atoms with Gasteiger partial charge in [-0.05, 0) is 6.07 Å². The number of nitrogens with zero attached hydrogens (tertiary/aromatic N) is 7. The van der Waals surface area contributed by atoms with Gasteiger partial charge in [0.25, 0.3) is 0 Å². The maximum atomic E-state index is 14.8. The van der Waals surface area contributed by atoms with Crippen molar-refractivity contribution in [3.8, 4) is 11.6 Å². The van der Waals surface area contributed by atoms with E-state index in [4.69, 9.17) is 9.26 Å². The SMILES string of the molecule is CC(C)c1noc(N2CCC(Oc3ncnc4c3ncn4-c3cc(F)c(S(C)(=O)=O)cc3F)CC2)n1. The van der Waals surface area contributed by atoms with Gasteiger partial charge in [-0.25, -0.2) is 27.2 Å². The van der Waals surface area contributed by atoms with Crippen molar-refractivity contribution >= 4 is 27.0 Å². The molecule has 11 nitrogen and oxygen atoms in total. The summed E-state index contributed by atoms with van der Waals surface area (Å²) < 4.78 is 65.3. The molecule has 0 spiro atoms. The number of fused-ring (bicyclic) bond motifs is 1. The highest BCUT2D eigenvalue weighted by Gasteiger charge is 2.27. The van der Waals surface area contributed by atoms with Crippen LogP contribution in [0.25, 0.3) is 16.9 Å². The molecule has 1 fully saturated rings. The molecule has 1 saturated heterocycles. The molecule has 4 heterocycles. The highest BCUT2D eigenvalue weighted by atomic mass is 32.2. The van der Waals surface area contributed by atoms with E-state index in [1.165, 1.54) is 17.2 Å². The van der Waals surface area contributed by atoms with Crippen molar-refractivity contribution in [3.63, 3.8) is 0 Å². The fourth-order valence-electron chi connectivity index (χ4n) is 3.97. The summed E-state index contributed by atoms with van der Waals surface area (Å²) in [4.78, 5) is 18.3. The minimum Gasteiger partial charge on any atom is -0.473 e. The van der Waals surface area contributed by atoms with Crippen molar-refractivity contribution < 1.29 is 26.5 Å². The van der Waals surface area contributed by atoms with Crippen LogP contribution < -0.4 is 9.64 Å². The van der Waals surface area contributed by atoms with E-state index in [1.807, 2.05) is 18.7 Å². The van der Waals surface area contributed by atoms with E-state index >= 15 is 0 Å². The van der Waals surface area contributed by atoms with Crippen molar-refractivity contribution in [3.05, 3.63) is 42.2 Å². The van der Waals surface area contributed by atoms with Gasteiger partial charge >= 0.3 is 6.01 Å². The average molecular weight is 520 g/mol. The molecule has 0 bridgehead atoms. The van der Waals surface area contributed by atoms with Gasteiger partial charge in [-0.1, -0.05) is 19.0 Å². The smallest absolute Gasteiger partial charge is 0.324 e. The second kappa shape index (κ2) is 9.08. The van der Waals surface area contributed by atoms with E-state index < -0.39 is 26.4 Å². The summed E-state index contributed by atoms with van der Waals surface area (Å²) in [5.41, 5.74) is 0.223. The van der Waals surface area contributed by atoms with E-state index in [2.05, 4.69) is 25.1 Å². The largest absolute Gasteiger partial charge is 0.473 e. The lowest BCUT2D eigenvalue weighted by molar-refractivity contribution is 0.163. The number of halogens is 2. The van der Waals surface area contributed by atoms with Gasteiger partial charge in [-0.15, -0.1) is 0 Å². The predicted octanol–water partition coefficient (Wildman–Crippen LogP) is 3.05. The Balaban J connectivity index is 1.35. The average Bonchev–Trinajstić information content (AvgIpc) is 3.49. The van der Waals surface area contributed by atoms with Crippen LogP contribution in [-0.4, -0.2) is 63.5 Å². The Hall–Kier alpha value is -3.68. The van der Waals surface area contributed by atoms with Crippen LogP contribution in [0.4, 0.5) is 14.8 Å². The molecule has 14 heteroatoms. The van der Waals surface area contributed by atoms with Gasteiger partial charge in [0.15, 0.2) is 26.8 Å². The van der Waals surface area contributed by atoms with E-state index in [9.17, 15) is 17.2 Å². The van der Waals surface area contributed by atoms with Crippen molar-refractivity contribution in [2.24, 2.45) is 0 Å². The molecule has 0 aliphatic carbocycles. The Morgan fingerprint density at radius 1 is 1.11 bits per heavy atom. The first kappa shape index (κ1) is 24.0. The monoisotopic (exact) mass is 519 g/mol. The molecule has 0 amide bonds. The minimum absolute atomic E-state index is 0.166. The summed E-state index contributed by atoms with van der Waals surface area (Å²) in [7, 11) is -3.93. The normalized spacial score (nSPS) is 15.2. The zero-order valence-corrected chi connectivity index (χ0v) is 20.5. The number of piperidine rings is 1. The molecular weight excluding hydrogens is 496 g/mol. The van der Waals surface area contributed by atoms with Gasteiger partial charge in [0.05, 0.1) is 5.69 Å². The van der Waals surface area contributed by atoms with Crippen molar-refractivity contribution in [2.75, 3.05) is 24.2 Å². The highest BCUT2D eigenvalue weighted by molar-refractivity contribution is 7.90. The molecule has 1 aliphatic rings. The lowest BCUT2D eigenvalue weighted by Crippen LogP contribution is -2.38. The van der Waals surface area contributed by atoms with E-state index in [0.29, 0.717) is 43.8 Å². The molecule has 5 rings (SSSR count). The Labute approximate surface area is 205 Å². The molecule has 1 aromatic carbocycles. The van der Waals surface area contributed by atoms with Gasteiger partial charge < -0.3 is 14.2 Å². The first-order valence-corrected chi connectivity index (χ1v) is 13.1. The summed E-state index contributed by atoms with van der Waals surface area (Å²) in [5, 5.41) is 4.00. The number of anilines is 1. The number of sulfone groups is 1. The second-order valence-electron chi connectivity index (χ2n) is 8.87. The van der Waals surface area contributed by atoms with Gasteiger partial charge in [-0.3, -0.25) is 4.57 Å². The molecular formula is C22H23F2N7O4S. The zero-order chi connectivity index (χ0) is 25.6. The fraction of sp³-hybridized carbons (Fsp3) is 0.409. The third kappa shape index (κ3) is 4.47. The van der Waals surface area contributed by atoms with Crippen LogP contribution in [0.2, 0.25) is 0 Å². The first-order valence-electron chi connectivity index (χ1n) is 11.2. The van der Waals surface area contributed by atoms with Gasteiger partial charge in [0.1, 0.15) is 35.3 Å². The minimum atomic E-state index is -3.93. The summed E-state index contributed by atoms with van der Waals surface area (Å²) in [5.74, 6) is -0.970. The topological polar surface area (TPSA) is 129 Å². The van der Waals surface area contributed by atoms with Crippen LogP contribution >= 0.6 is 0 Å². The van der Waals surface area contributed by atoms with Crippen LogP contribution in [0.1, 0.15) is 38.4 Å². The van der Waals surface area contributed by atoms with Crippen molar-refractivity contribution in [1.82, 2.24) is 29.7 Å². The molecule has 1 aliphatic heterocycles. The molecule has 0 saturated carbocycles. The van der Waals surface area contributed by atoms with Gasteiger partial charge in [0.2, 0.25) is 5.88 Å². The molecule has 0 radical (unpaired) electrons. The van der Waals surface area contributed by atoms with Crippen molar-refractivity contribution in [2.45, 2.75) is 43.6 Å². The molecule has 190 valence electrons. The fourth-order valence-corrected chi connectivity index (χ4v) is 4.71. The Morgan fingerprint density at radius 2 is 1.86 bits per heavy atom. The van der Waals surface area contributed by atoms with Crippen molar-refractivity contribution in [1.29, 1.82) is 0 Å². The van der Waals surface area contributed by atoms with Crippen LogP contribution in [0.5, 0.6) is 5.88 Å². The Morgan fingerprint density at radius 3 is 2.53 bits per heavy atom. The maximum absolute atomic E-state index is 14.8. The second-order valence-corrected chi connectivity index (χ2v) is 10.9. The van der Waals surface area contributed by atoms with Gasteiger partial charge in [-0.2, -0.15) is 9.97 Å². The van der Waals surface area contributed by atoms with Crippen LogP contribution in [0.3, 0.4) is 0 Å². The molecule has 0 atom stereocenters. The number of hydrogen-bond donors (Lipinski definition) is 0. The molecule has 0 N–H and O–H groups in total. The number of aromatic nitrogens is 6. The molecule has 36 heavy (non-hydrogen) atoms. The lowest BCUT2D eigenvalue weighted by Gasteiger charge is -2.30. The van der Waals surface area contributed by atoms with E-state index in [1.54, 1.807) is 0 Å². The zero-order valence-electron chi connectivity index (χ0n) is 19.7. The Bertz CT molecular complexity index is 1530. The third-order valence-electron chi connectivity index (χ3n) is 5.90. The molecule has 4 aromatic rings. The van der Waals surface area contributed by atoms with Gasteiger partial charge in [0, 0.05) is 44.2 Å². The predicted molar refractivity (Wildman–Crippen MR) is 124 cm³/mol. The summed E-state index contributed by atoms with van der Waals surface area (Å²) in [6, 6.07) is 1.93. The molecule has 0 unspecified atom stereocenters. The third-order valence-corrected chi connectivity index (χ3v) is 7.01. The number of rotatable bonds is 6. The van der Waals surface area contributed by atoms with E-state index in [-0.39, 0.29) is 34.8 Å². The first-order chi connectivity index (χ1) is 17.1. The number of benzene rings is 1. The summed E-state index contributed by atoms with van der Waals surface area (Å²) in [6.45, 7) is 5.27. The summed E-state index contributed by atoms with van der Waals surface area (Å²) >= 11 is 0. The number of imidazole rings is 1. The van der Waals surface area contributed by atoms with Crippen LogP contribution in [0.15, 0.2) is 34.2 Å². The lowest BCUT2D eigenvalue weighted by atomic mass is 10.1. The molecule has 3 aromatic heterocycles. The number of ether oxygens (including phenoxy) is 1. The number of hydrogen-bond acceptors (Lipinski definition) is 10. The highest BCUT2D eigenvalue weighted by Crippen LogP contribution is 2.29. The standard InChI is InChI=1S/C22H23F2N7O4S/c1-12(2)19-28-22(35-29-19)30-6-4-13(5-7-30)34-21-18-20(25-10-26-21)31(11-27-18)16-8-15(24)17(9-14(16)23)36(3,32)33/h8-13H,4-7H2,1-3H3. The van der Waals surface area contributed by atoms with Crippen LogP contribution in [0, 0.1) is 11.6 Å². The van der Waals surface area contributed by atoms with E-state index in [0.717, 1.165) is 12.3 Å². The maximum Gasteiger partial charge on any atom is 0.324 e.